The molecule has 0 radical (unpaired) electrons. The van der Waals surface area contributed by atoms with Crippen molar-refractivity contribution in [2.75, 3.05) is 34.3 Å². The van der Waals surface area contributed by atoms with E-state index in [4.69, 9.17) is 5.11 Å². The van der Waals surface area contributed by atoms with E-state index in [9.17, 15) is 0 Å². The van der Waals surface area contributed by atoms with E-state index in [1.807, 2.05) is 18.2 Å². The fourth-order valence-electron chi connectivity index (χ4n) is 0.834. The summed E-state index contributed by atoms with van der Waals surface area (Å²) < 4.78 is 0.844. The number of hydrogen-bond acceptors (Lipinski definition) is 1. The number of nitrogens with zero attached hydrogens (tertiary/aromatic N) is 1. The second-order valence-electron chi connectivity index (χ2n) is 4.39. The topological polar surface area (TPSA) is 20.2 Å². The SMILES string of the molecule is C[N+](C)(C)CCO.Cc1ccccc1. The minimum absolute atomic E-state index is 0.281. The van der Waals surface area contributed by atoms with E-state index in [-0.39, 0.29) is 6.61 Å². The molecule has 1 rings (SSSR count). The summed E-state index contributed by atoms with van der Waals surface area (Å²) in [7, 11) is 6.16. The van der Waals surface area contributed by atoms with Crippen LogP contribution in [0.3, 0.4) is 0 Å². The van der Waals surface area contributed by atoms with Crippen molar-refractivity contribution in [2.24, 2.45) is 0 Å². The summed E-state index contributed by atoms with van der Waals surface area (Å²) >= 11 is 0. The Morgan fingerprint density at radius 1 is 1.07 bits per heavy atom. The molecule has 2 heteroatoms. The number of aliphatic hydroxyl groups excluding tert-OH is 1. The average Bonchev–Trinajstić information content (AvgIpc) is 2.04. The fourth-order valence-corrected chi connectivity index (χ4v) is 0.834. The van der Waals surface area contributed by atoms with Gasteiger partial charge in [-0.15, -0.1) is 0 Å². The van der Waals surface area contributed by atoms with Gasteiger partial charge in [-0.3, -0.25) is 0 Å². The zero-order valence-electron chi connectivity index (χ0n) is 9.70. The van der Waals surface area contributed by atoms with E-state index < -0.39 is 0 Å². The summed E-state index contributed by atoms with van der Waals surface area (Å²) in [5.74, 6) is 0. The van der Waals surface area contributed by atoms with Gasteiger partial charge in [0.25, 0.3) is 0 Å². The number of rotatable bonds is 2. The average molecular weight is 196 g/mol. The van der Waals surface area contributed by atoms with E-state index in [0.717, 1.165) is 11.0 Å². The van der Waals surface area contributed by atoms with Crippen LogP contribution in [0, 0.1) is 6.92 Å². The van der Waals surface area contributed by atoms with Crippen LogP contribution < -0.4 is 0 Å². The van der Waals surface area contributed by atoms with Gasteiger partial charge in [-0.05, 0) is 6.92 Å². The molecule has 0 aromatic heterocycles. The lowest BCUT2D eigenvalue weighted by molar-refractivity contribution is -0.870. The van der Waals surface area contributed by atoms with Crippen LogP contribution >= 0.6 is 0 Å². The molecule has 80 valence electrons. The van der Waals surface area contributed by atoms with E-state index in [1.54, 1.807) is 0 Å². The van der Waals surface area contributed by atoms with Crippen LogP contribution in [0.4, 0.5) is 0 Å². The Balaban J connectivity index is 0.000000241. The molecule has 14 heavy (non-hydrogen) atoms. The van der Waals surface area contributed by atoms with Crippen molar-refractivity contribution in [1.29, 1.82) is 0 Å². The molecule has 1 aromatic carbocycles. The third-order valence-electron chi connectivity index (χ3n) is 1.71. The summed E-state index contributed by atoms with van der Waals surface area (Å²) in [6.07, 6.45) is 0. The zero-order chi connectivity index (χ0) is 11.0. The first-order chi connectivity index (χ1) is 6.45. The van der Waals surface area contributed by atoms with Crippen LogP contribution in [0.1, 0.15) is 5.56 Å². The van der Waals surface area contributed by atoms with Gasteiger partial charge in [-0.1, -0.05) is 35.9 Å². The molecule has 0 saturated heterocycles. The van der Waals surface area contributed by atoms with Crippen molar-refractivity contribution in [3.8, 4) is 0 Å². The second-order valence-corrected chi connectivity index (χ2v) is 4.39. The molecule has 0 aliphatic carbocycles. The first-order valence-electron chi connectivity index (χ1n) is 4.88. The number of hydrogen-bond donors (Lipinski definition) is 1. The van der Waals surface area contributed by atoms with Crippen LogP contribution in [-0.2, 0) is 0 Å². The van der Waals surface area contributed by atoms with Crippen molar-refractivity contribution in [1.82, 2.24) is 0 Å². The maximum absolute atomic E-state index is 8.39. The summed E-state index contributed by atoms with van der Waals surface area (Å²) in [6.45, 7) is 3.20. The van der Waals surface area contributed by atoms with Crippen molar-refractivity contribution in [3.63, 3.8) is 0 Å². The summed E-state index contributed by atoms with van der Waals surface area (Å²) in [5, 5.41) is 8.39. The van der Waals surface area contributed by atoms with Crippen molar-refractivity contribution < 1.29 is 9.59 Å². The van der Waals surface area contributed by atoms with Crippen LogP contribution in [-0.4, -0.2) is 43.9 Å². The van der Waals surface area contributed by atoms with Gasteiger partial charge in [0.05, 0.1) is 27.7 Å². The largest absolute Gasteiger partial charge is 0.391 e. The van der Waals surface area contributed by atoms with Gasteiger partial charge in [-0.2, -0.15) is 0 Å². The molecule has 0 amide bonds. The fraction of sp³-hybridized carbons (Fsp3) is 0.500. The number of likely N-dealkylation sites (N-methyl/N-ethyl adjacent to an activating group) is 1. The quantitative estimate of drug-likeness (QED) is 0.714. The molecule has 1 N–H and O–H groups in total. The number of aliphatic hydroxyl groups is 1. The molecule has 0 aliphatic heterocycles. The molecule has 0 aliphatic rings. The molecule has 0 unspecified atom stereocenters. The highest BCUT2D eigenvalue weighted by Crippen LogP contribution is 1.92. The van der Waals surface area contributed by atoms with E-state index in [2.05, 4.69) is 40.2 Å². The third kappa shape index (κ3) is 9.23. The Kier molecular flexibility index (Phi) is 6.17. The zero-order valence-corrected chi connectivity index (χ0v) is 9.70. The lowest BCUT2D eigenvalue weighted by Crippen LogP contribution is -2.36. The normalized spacial score (nSPS) is 10.4. The van der Waals surface area contributed by atoms with Crippen LogP contribution in [0.15, 0.2) is 30.3 Å². The van der Waals surface area contributed by atoms with Gasteiger partial charge in [0, 0.05) is 0 Å². The van der Waals surface area contributed by atoms with Crippen molar-refractivity contribution in [3.05, 3.63) is 35.9 Å². The van der Waals surface area contributed by atoms with Crippen LogP contribution in [0.25, 0.3) is 0 Å². The van der Waals surface area contributed by atoms with Crippen LogP contribution in [0.5, 0.6) is 0 Å². The maximum atomic E-state index is 8.39. The summed E-state index contributed by atoms with van der Waals surface area (Å²) in [6, 6.07) is 10.3. The minimum atomic E-state index is 0.281. The van der Waals surface area contributed by atoms with E-state index in [0.29, 0.717) is 0 Å². The minimum Gasteiger partial charge on any atom is -0.391 e. The Morgan fingerprint density at radius 3 is 1.71 bits per heavy atom. The van der Waals surface area contributed by atoms with Gasteiger partial charge >= 0.3 is 0 Å². The highest BCUT2D eigenvalue weighted by molar-refractivity contribution is 5.11. The third-order valence-corrected chi connectivity index (χ3v) is 1.71. The van der Waals surface area contributed by atoms with Gasteiger partial charge in [-0.25, -0.2) is 0 Å². The predicted octanol–water partition coefficient (Wildman–Crippen LogP) is 1.68. The number of aryl methyl sites for hydroxylation is 1. The highest BCUT2D eigenvalue weighted by atomic mass is 16.3. The number of benzene rings is 1. The highest BCUT2D eigenvalue weighted by Gasteiger charge is 2.02. The van der Waals surface area contributed by atoms with Gasteiger partial charge in [0.2, 0.25) is 0 Å². The van der Waals surface area contributed by atoms with Gasteiger partial charge < -0.3 is 9.59 Å². The molecule has 2 nitrogen and oxygen atoms in total. The predicted molar refractivity (Wildman–Crippen MR) is 61.2 cm³/mol. The first kappa shape index (κ1) is 13.1. The Labute approximate surface area is 87.4 Å². The molecular weight excluding hydrogens is 174 g/mol. The van der Waals surface area contributed by atoms with Crippen LogP contribution in [0.2, 0.25) is 0 Å². The monoisotopic (exact) mass is 196 g/mol. The molecule has 0 bridgehead atoms. The molecule has 0 saturated carbocycles. The van der Waals surface area contributed by atoms with Crippen molar-refractivity contribution >= 4 is 0 Å². The Morgan fingerprint density at radius 2 is 1.57 bits per heavy atom. The molecule has 0 atom stereocenters. The molecule has 0 spiro atoms. The lowest BCUT2D eigenvalue weighted by atomic mass is 10.2. The van der Waals surface area contributed by atoms with Crippen molar-refractivity contribution in [2.45, 2.75) is 6.92 Å². The number of quaternary nitrogens is 1. The summed E-state index contributed by atoms with van der Waals surface area (Å²) in [5.41, 5.74) is 1.32. The maximum Gasteiger partial charge on any atom is 0.101 e. The van der Waals surface area contributed by atoms with Gasteiger partial charge in [0.1, 0.15) is 6.54 Å². The molecule has 1 aromatic rings. The molecular formula is C12H22NO+. The second kappa shape index (κ2) is 6.57. The molecule has 0 heterocycles. The van der Waals surface area contributed by atoms with Gasteiger partial charge in [0.15, 0.2) is 0 Å². The molecule has 0 fully saturated rings. The van der Waals surface area contributed by atoms with E-state index in [1.165, 1.54) is 5.56 Å². The van der Waals surface area contributed by atoms with E-state index >= 15 is 0 Å². The summed E-state index contributed by atoms with van der Waals surface area (Å²) in [4.78, 5) is 0. The smallest absolute Gasteiger partial charge is 0.101 e. The Bertz CT molecular complexity index is 226. The Hall–Kier alpha value is -0.860. The first-order valence-corrected chi connectivity index (χ1v) is 4.88. The standard InChI is InChI=1S/C7H8.C5H14NO/c1-7-5-3-2-4-6-7;1-6(2,3)4-5-7/h2-6H,1H3;7H,4-5H2,1-3H3/q;+1. The lowest BCUT2D eigenvalue weighted by Gasteiger charge is -2.21.